The highest BCUT2D eigenvalue weighted by molar-refractivity contribution is 7.84. The van der Waals surface area contributed by atoms with Crippen molar-refractivity contribution in [2.24, 2.45) is 11.5 Å². The quantitative estimate of drug-likeness (QED) is 0.316. The molecule has 5 N–H and O–H groups in total. The molecule has 1 aliphatic heterocycles. The summed E-state index contributed by atoms with van der Waals surface area (Å²) in [6.45, 7) is 0.242. The van der Waals surface area contributed by atoms with E-state index >= 15 is 0 Å². The molecule has 10 nitrogen and oxygen atoms in total. The number of hydrogen-bond acceptors (Lipinski definition) is 7. The first kappa shape index (κ1) is 19.1. The van der Waals surface area contributed by atoms with Gasteiger partial charge in [0.15, 0.2) is 0 Å². The van der Waals surface area contributed by atoms with Gasteiger partial charge in [-0.1, -0.05) is 18.2 Å². The molecule has 0 aliphatic carbocycles. The van der Waals surface area contributed by atoms with Crippen molar-refractivity contribution in [3.05, 3.63) is 30.3 Å². The second kappa shape index (κ2) is 6.61. The number of quaternary nitrogens is 1. The molecule has 0 saturated carbocycles. The number of amides is 3. The maximum Gasteiger partial charge on any atom is 0.362 e. The van der Waals surface area contributed by atoms with E-state index in [0.717, 1.165) is 0 Å². The first-order valence-electron chi connectivity index (χ1n) is 7.35. The summed E-state index contributed by atoms with van der Waals surface area (Å²) < 4.78 is 30.5. The van der Waals surface area contributed by atoms with Crippen LogP contribution in [0.3, 0.4) is 0 Å². The van der Waals surface area contributed by atoms with Crippen LogP contribution in [-0.2, 0) is 24.7 Å². The Balaban J connectivity index is 2.67. The zero-order valence-electron chi connectivity index (χ0n) is 13.4. The summed E-state index contributed by atoms with van der Waals surface area (Å²) in [4.78, 5) is 38.0. The predicted octanol–water partition coefficient (Wildman–Crippen LogP) is -1.63. The van der Waals surface area contributed by atoms with E-state index in [9.17, 15) is 22.8 Å². The van der Waals surface area contributed by atoms with Gasteiger partial charge in [-0.05, 0) is 6.92 Å². The standard InChI is InChI=1S/C14H18N4O6S/c1-9(16)14(21)18(12(19)7-15,10-5-3-2-4-6-10)11-8-17(13(11)20)25(22,23)24/h2-6,9,11H,7-8,15-16H2,1H3/p+1/t9-,11?,18?/m1/s1. The molecule has 0 aromatic heterocycles. The van der Waals surface area contributed by atoms with Crippen molar-refractivity contribution in [1.82, 2.24) is 8.79 Å². The van der Waals surface area contributed by atoms with Gasteiger partial charge < -0.3 is 11.5 Å². The van der Waals surface area contributed by atoms with E-state index in [1.54, 1.807) is 18.2 Å². The molecule has 3 amide bonds. The number of benzene rings is 1. The second-order valence-electron chi connectivity index (χ2n) is 5.65. The monoisotopic (exact) mass is 371 g/mol. The topological polar surface area (TPSA) is 161 Å². The fourth-order valence-corrected chi connectivity index (χ4v) is 3.58. The third kappa shape index (κ3) is 2.96. The van der Waals surface area contributed by atoms with Crippen LogP contribution in [0, 0.1) is 0 Å². The normalized spacial score (nSPS) is 21.2. The number of imide groups is 1. The summed E-state index contributed by atoms with van der Waals surface area (Å²) in [5, 5.41) is 0. The fraction of sp³-hybridized carbons (Fsp3) is 0.357. The van der Waals surface area contributed by atoms with Gasteiger partial charge in [0.25, 0.3) is 5.91 Å². The Morgan fingerprint density at radius 3 is 2.32 bits per heavy atom. The number of para-hydroxylation sites is 1. The number of carbonyl (C=O) groups is 3. The lowest BCUT2D eigenvalue weighted by Gasteiger charge is -2.46. The number of rotatable bonds is 5. The minimum atomic E-state index is -4.78. The van der Waals surface area contributed by atoms with E-state index in [2.05, 4.69) is 0 Å². The van der Waals surface area contributed by atoms with Gasteiger partial charge in [0, 0.05) is 12.1 Å². The maximum absolute atomic E-state index is 12.9. The molecule has 2 unspecified atom stereocenters. The minimum Gasteiger partial charge on any atom is -0.319 e. The Bertz CT molecular complexity index is 810. The molecule has 0 radical (unpaired) electrons. The molecule has 2 rings (SSSR count). The van der Waals surface area contributed by atoms with Crippen molar-refractivity contribution < 1.29 is 27.4 Å². The number of nitrogens with zero attached hydrogens (tertiary/aromatic N) is 2. The highest BCUT2D eigenvalue weighted by Gasteiger charge is 2.64. The Labute approximate surface area is 144 Å². The first-order chi connectivity index (χ1) is 11.6. The van der Waals surface area contributed by atoms with Crippen LogP contribution in [0.25, 0.3) is 0 Å². The molecular formula is C14H19N4O6S+. The smallest absolute Gasteiger partial charge is 0.319 e. The van der Waals surface area contributed by atoms with Crippen molar-refractivity contribution in [1.29, 1.82) is 0 Å². The third-order valence-corrected chi connectivity index (χ3v) is 4.97. The molecule has 1 heterocycles. The lowest BCUT2D eigenvalue weighted by molar-refractivity contribution is -0.159. The largest absolute Gasteiger partial charge is 0.362 e. The molecule has 1 saturated heterocycles. The van der Waals surface area contributed by atoms with E-state index < -0.39 is 57.7 Å². The van der Waals surface area contributed by atoms with Gasteiger partial charge in [0.2, 0.25) is 6.04 Å². The van der Waals surface area contributed by atoms with Crippen molar-refractivity contribution in [3.8, 4) is 0 Å². The van der Waals surface area contributed by atoms with Gasteiger partial charge in [-0.2, -0.15) is 12.9 Å². The zero-order valence-corrected chi connectivity index (χ0v) is 14.2. The van der Waals surface area contributed by atoms with Crippen LogP contribution in [0.4, 0.5) is 5.69 Å². The van der Waals surface area contributed by atoms with Crippen LogP contribution in [-0.4, -0.2) is 60.2 Å². The maximum atomic E-state index is 12.9. The lowest BCUT2D eigenvalue weighted by atomic mass is 10.00. The number of carbonyl (C=O) groups excluding carboxylic acids is 3. The highest BCUT2D eigenvalue weighted by Crippen LogP contribution is 2.34. The molecule has 1 aliphatic rings. The third-order valence-electron chi connectivity index (χ3n) is 4.08. The van der Waals surface area contributed by atoms with E-state index in [0.29, 0.717) is 0 Å². The van der Waals surface area contributed by atoms with Gasteiger partial charge >= 0.3 is 22.1 Å². The van der Waals surface area contributed by atoms with Crippen molar-refractivity contribution in [3.63, 3.8) is 0 Å². The summed E-state index contributed by atoms with van der Waals surface area (Å²) in [5.41, 5.74) is 11.3. The molecule has 1 aromatic rings. The average Bonchev–Trinajstić information content (AvgIpc) is 2.55. The molecule has 3 atom stereocenters. The van der Waals surface area contributed by atoms with E-state index in [4.69, 9.17) is 16.0 Å². The predicted molar refractivity (Wildman–Crippen MR) is 88.0 cm³/mol. The van der Waals surface area contributed by atoms with Gasteiger partial charge in [0.1, 0.15) is 24.8 Å². The second-order valence-corrected chi connectivity index (χ2v) is 6.98. The number of hydrogen-bond donors (Lipinski definition) is 3. The first-order valence-corrected chi connectivity index (χ1v) is 8.75. The van der Waals surface area contributed by atoms with Gasteiger partial charge in [-0.15, -0.1) is 0 Å². The molecular weight excluding hydrogens is 352 g/mol. The Kier molecular flexibility index (Phi) is 5.06. The van der Waals surface area contributed by atoms with Crippen LogP contribution in [0.15, 0.2) is 30.3 Å². The SMILES string of the molecule is C[C@@H](N)C(=O)[N+](C(=O)CN)(c1ccccc1)C1CN(S(=O)(=O)O)C1=O. The summed E-state index contributed by atoms with van der Waals surface area (Å²) in [6, 6.07) is 5.18. The summed E-state index contributed by atoms with van der Waals surface area (Å²) in [5.74, 6) is -2.68. The van der Waals surface area contributed by atoms with E-state index in [1.165, 1.54) is 19.1 Å². The molecule has 25 heavy (non-hydrogen) atoms. The van der Waals surface area contributed by atoms with Crippen molar-refractivity contribution in [2.75, 3.05) is 13.1 Å². The van der Waals surface area contributed by atoms with Gasteiger partial charge in [0.05, 0.1) is 0 Å². The Hall–Kier alpha value is -2.18. The molecule has 1 fully saturated rings. The van der Waals surface area contributed by atoms with Crippen LogP contribution >= 0.6 is 0 Å². The average molecular weight is 371 g/mol. The number of nitrogens with two attached hydrogens (primary N) is 2. The zero-order chi connectivity index (χ0) is 19.0. The van der Waals surface area contributed by atoms with Crippen LogP contribution in [0.1, 0.15) is 6.92 Å². The van der Waals surface area contributed by atoms with Crippen LogP contribution in [0.2, 0.25) is 0 Å². The molecule has 0 spiro atoms. The Morgan fingerprint density at radius 2 is 1.92 bits per heavy atom. The number of β-lactam (4-membered cyclic amide) rings is 1. The summed E-state index contributed by atoms with van der Waals surface area (Å²) in [7, 11) is -4.78. The van der Waals surface area contributed by atoms with Gasteiger partial charge in [-0.25, -0.2) is 13.9 Å². The van der Waals surface area contributed by atoms with Crippen LogP contribution in [0.5, 0.6) is 0 Å². The molecule has 136 valence electrons. The van der Waals surface area contributed by atoms with Crippen molar-refractivity contribution in [2.45, 2.75) is 19.0 Å². The summed E-state index contributed by atoms with van der Waals surface area (Å²) >= 11 is 0. The lowest BCUT2D eigenvalue weighted by Crippen LogP contribution is -2.79. The molecule has 11 heteroatoms. The summed E-state index contributed by atoms with van der Waals surface area (Å²) in [6.07, 6.45) is 0. The van der Waals surface area contributed by atoms with Gasteiger partial charge in [-0.3, -0.25) is 9.35 Å². The Morgan fingerprint density at radius 1 is 1.36 bits per heavy atom. The fourth-order valence-electron chi connectivity index (χ4n) is 2.90. The minimum absolute atomic E-state index is 0.147. The highest BCUT2D eigenvalue weighted by atomic mass is 32.2. The van der Waals surface area contributed by atoms with E-state index in [-0.39, 0.29) is 9.99 Å². The van der Waals surface area contributed by atoms with Crippen LogP contribution < -0.4 is 16.0 Å². The molecule has 0 bridgehead atoms. The molecule has 1 aromatic carbocycles. The van der Waals surface area contributed by atoms with E-state index in [1.807, 2.05) is 0 Å². The van der Waals surface area contributed by atoms with Crippen molar-refractivity contribution >= 4 is 33.7 Å².